The minimum Gasteiger partial charge on any atom is -0.479 e. The molecule has 1 aromatic carbocycles. The van der Waals surface area contributed by atoms with Crippen molar-refractivity contribution in [3.05, 3.63) is 29.4 Å². The molecule has 3 rings (SSSR count). The zero-order valence-corrected chi connectivity index (χ0v) is 12.3. The highest BCUT2D eigenvalue weighted by Gasteiger charge is 2.48. The number of aliphatic hydroxyl groups is 3. The molecular weight excluding hydrogens is 330 g/mol. The number of halogens is 1. The number of nitrogens with one attached hydrogen (secondary N) is 1. The number of aromatic amines is 1. The summed E-state index contributed by atoms with van der Waals surface area (Å²) in [5, 5.41) is 39.5. The van der Waals surface area contributed by atoms with Gasteiger partial charge in [0, 0.05) is 16.6 Å². The number of benzene rings is 1. The minimum absolute atomic E-state index is 0.286. The van der Waals surface area contributed by atoms with E-state index < -0.39 is 36.7 Å². The Balaban J connectivity index is 1.86. The summed E-state index contributed by atoms with van der Waals surface area (Å²) in [6.45, 7) is 0. The van der Waals surface area contributed by atoms with E-state index in [-0.39, 0.29) is 5.75 Å². The molecule has 8 nitrogen and oxygen atoms in total. The molecule has 1 saturated heterocycles. The fourth-order valence-electron chi connectivity index (χ4n) is 2.44. The lowest BCUT2D eigenvalue weighted by Crippen LogP contribution is -2.61. The van der Waals surface area contributed by atoms with Gasteiger partial charge in [-0.05, 0) is 18.2 Å². The number of rotatable bonds is 3. The largest absolute Gasteiger partial charge is 0.479 e. The van der Waals surface area contributed by atoms with Crippen molar-refractivity contribution in [2.45, 2.75) is 30.7 Å². The van der Waals surface area contributed by atoms with Gasteiger partial charge < -0.3 is 34.9 Å². The Hall–Kier alpha value is -1.84. The highest BCUT2D eigenvalue weighted by atomic mass is 35.5. The molecule has 23 heavy (non-hydrogen) atoms. The molecule has 1 aliphatic heterocycles. The fourth-order valence-corrected chi connectivity index (χ4v) is 2.62. The minimum atomic E-state index is -1.76. The number of carboxylic acids is 1. The predicted octanol–water partition coefficient (Wildman–Crippen LogP) is 0.0923. The van der Waals surface area contributed by atoms with Crippen molar-refractivity contribution >= 4 is 28.5 Å². The molecule has 0 spiro atoms. The third kappa shape index (κ3) is 2.87. The maximum atomic E-state index is 11.1. The van der Waals surface area contributed by atoms with Crippen molar-refractivity contribution in [1.82, 2.24) is 4.98 Å². The molecule has 1 aromatic heterocycles. The van der Waals surface area contributed by atoms with Gasteiger partial charge in [0.2, 0.25) is 6.29 Å². The highest BCUT2D eigenvalue weighted by Crippen LogP contribution is 2.31. The van der Waals surface area contributed by atoms with Crippen LogP contribution in [0.25, 0.3) is 10.9 Å². The van der Waals surface area contributed by atoms with Crippen LogP contribution in [0.15, 0.2) is 24.4 Å². The summed E-state index contributed by atoms with van der Waals surface area (Å²) in [6.07, 6.45) is -6.76. The molecule has 0 bridgehead atoms. The Morgan fingerprint density at radius 3 is 2.65 bits per heavy atom. The van der Waals surface area contributed by atoms with Gasteiger partial charge in [-0.3, -0.25) is 0 Å². The number of fused-ring (bicyclic) bond motifs is 1. The number of aromatic nitrogens is 1. The van der Waals surface area contributed by atoms with Crippen LogP contribution >= 0.6 is 11.6 Å². The maximum absolute atomic E-state index is 11.1. The second-order valence-corrected chi connectivity index (χ2v) is 5.63. The van der Waals surface area contributed by atoms with Gasteiger partial charge in [-0.15, -0.1) is 0 Å². The quantitative estimate of drug-likeness (QED) is 0.533. The summed E-state index contributed by atoms with van der Waals surface area (Å²) in [7, 11) is 0. The van der Waals surface area contributed by atoms with Crippen LogP contribution in [0.3, 0.4) is 0 Å². The molecule has 0 saturated carbocycles. The highest BCUT2D eigenvalue weighted by molar-refractivity contribution is 6.31. The van der Waals surface area contributed by atoms with E-state index in [2.05, 4.69) is 4.98 Å². The first-order valence-electron chi connectivity index (χ1n) is 6.74. The number of aliphatic carboxylic acids is 1. The normalized spacial score (nSPS) is 31.2. The summed E-state index contributed by atoms with van der Waals surface area (Å²) in [5.74, 6) is -1.18. The van der Waals surface area contributed by atoms with Gasteiger partial charge in [-0.25, -0.2) is 4.79 Å². The lowest BCUT2D eigenvalue weighted by Gasteiger charge is -2.38. The van der Waals surface area contributed by atoms with Crippen molar-refractivity contribution in [3.8, 4) is 5.75 Å². The van der Waals surface area contributed by atoms with E-state index in [4.69, 9.17) is 26.2 Å². The third-order valence-electron chi connectivity index (χ3n) is 3.66. The smallest absolute Gasteiger partial charge is 0.335 e. The molecule has 9 heteroatoms. The Labute approximate surface area is 134 Å². The first-order chi connectivity index (χ1) is 10.9. The lowest BCUT2D eigenvalue weighted by atomic mass is 9.99. The zero-order valence-electron chi connectivity index (χ0n) is 11.6. The zero-order chi connectivity index (χ0) is 16.7. The summed E-state index contributed by atoms with van der Waals surface area (Å²) in [5.41, 5.74) is 0.674. The molecule has 5 atom stereocenters. The Morgan fingerprint density at radius 1 is 1.22 bits per heavy atom. The van der Waals surface area contributed by atoms with Gasteiger partial charge in [-0.1, -0.05) is 11.6 Å². The molecule has 5 N–H and O–H groups in total. The van der Waals surface area contributed by atoms with E-state index in [9.17, 15) is 20.1 Å². The van der Waals surface area contributed by atoms with Gasteiger partial charge in [0.1, 0.15) is 24.1 Å². The van der Waals surface area contributed by atoms with Gasteiger partial charge in [0.25, 0.3) is 0 Å². The summed E-state index contributed by atoms with van der Waals surface area (Å²) >= 11 is 5.88. The number of aliphatic hydroxyl groups excluding tert-OH is 3. The molecule has 0 amide bonds. The van der Waals surface area contributed by atoms with E-state index in [1.807, 2.05) is 0 Å². The molecule has 0 unspecified atom stereocenters. The van der Waals surface area contributed by atoms with Gasteiger partial charge in [-0.2, -0.15) is 0 Å². The fraction of sp³-hybridized carbons (Fsp3) is 0.357. The molecule has 1 fully saturated rings. The Kier molecular flexibility index (Phi) is 4.17. The van der Waals surface area contributed by atoms with Crippen LogP contribution in [0.1, 0.15) is 0 Å². The number of carboxylic acid groups (broad SMARTS) is 1. The Morgan fingerprint density at radius 2 is 1.96 bits per heavy atom. The monoisotopic (exact) mass is 343 g/mol. The molecule has 124 valence electrons. The molecular formula is C14H14ClNO7. The van der Waals surface area contributed by atoms with Crippen LogP contribution < -0.4 is 4.74 Å². The summed E-state index contributed by atoms with van der Waals surface area (Å²) in [6, 6.07) is 4.99. The number of carbonyl (C=O) groups is 1. The second kappa shape index (κ2) is 5.99. The number of hydrogen-bond donors (Lipinski definition) is 5. The molecule has 1 aliphatic rings. The van der Waals surface area contributed by atoms with Crippen molar-refractivity contribution < 1.29 is 34.7 Å². The first-order valence-corrected chi connectivity index (χ1v) is 7.12. The maximum Gasteiger partial charge on any atom is 0.335 e. The van der Waals surface area contributed by atoms with E-state index in [1.54, 1.807) is 18.2 Å². The summed E-state index contributed by atoms with van der Waals surface area (Å²) in [4.78, 5) is 14.0. The van der Waals surface area contributed by atoms with Crippen LogP contribution in [0.5, 0.6) is 5.75 Å². The van der Waals surface area contributed by atoms with Crippen LogP contribution in [0, 0.1) is 0 Å². The van der Waals surface area contributed by atoms with Gasteiger partial charge in [0.05, 0.1) is 5.52 Å². The van der Waals surface area contributed by atoms with Gasteiger partial charge >= 0.3 is 5.97 Å². The van der Waals surface area contributed by atoms with Crippen molar-refractivity contribution in [3.63, 3.8) is 0 Å². The average Bonchev–Trinajstić information content (AvgIpc) is 2.89. The average molecular weight is 344 g/mol. The van der Waals surface area contributed by atoms with Crippen molar-refractivity contribution in [2.24, 2.45) is 0 Å². The Bertz CT molecular complexity index is 733. The van der Waals surface area contributed by atoms with Crippen LogP contribution in [-0.4, -0.2) is 62.1 Å². The summed E-state index contributed by atoms with van der Waals surface area (Å²) < 4.78 is 10.5. The van der Waals surface area contributed by atoms with E-state index in [0.717, 1.165) is 0 Å². The van der Waals surface area contributed by atoms with Crippen molar-refractivity contribution in [2.75, 3.05) is 0 Å². The molecule has 0 aliphatic carbocycles. The third-order valence-corrected chi connectivity index (χ3v) is 3.90. The number of hydrogen-bond acceptors (Lipinski definition) is 6. The van der Waals surface area contributed by atoms with Gasteiger partial charge in [0.15, 0.2) is 6.10 Å². The molecule has 2 aromatic rings. The predicted molar refractivity (Wildman–Crippen MR) is 78.3 cm³/mol. The van der Waals surface area contributed by atoms with Crippen LogP contribution in [0.2, 0.25) is 5.02 Å². The van der Waals surface area contributed by atoms with Crippen molar-refractivity contribution in [1.29, 1.82) is 0 Å². The number of H-pyrrole nitrogens is 1. The molecule has 0 radical (unpaired) electrons. The van der Waals surface area contributed by atoms with Crippen LogP contribution in [-0.2, 0) is 9.53 Å². The standard InChI is InChI=1S/C14H14ClNO7/c15-5-1-2-6-7(3-5)16-4-8(6)22-14-11(19)9(17)10(18)12(23-14)13(20)21/h1-4,9-12,14,16-19H,(H,20,21)/t9-,10+,11-,12-,14-/m1/s1. The van der Waals surface area contributed by atoms with E-state index in [0.29, 0.717) is 15.9 Å². The lowest BCUT2D eigenvalue weighted by molar-refractivity contribution is -0.270. The van der Waals surface area contributed by atoms with Crippen LogP contribution in [0.4, 0.5) is 0 Å². The second-order valence-electron chi connectivity index (χ2n) is 5.20. The SMILES string of the molecule is O=C(O)[C@@H]1O[C@@H](Oc2c[nH]c3cc(Cl)ccc23)[C@H](O)[C@H](O)[C@@H]1O. The van der Waals surface area contributed by atoms with E-state index in [1.165, 1.54) is 6.20 Å². The van der Waals surface area contributed by atoms with E-state index >= 15 is 0 Å². The first kappa shape index (κ1) is 16.0. The molecule has 2 heterocycles. The topological polar surface area (TPSA) is 132 Å². The number of ether oxygens (including phenoxy) is 2.